The van der Waals surface area contributed by atoms with Crippen molar-refractivity contribution in [1.29, 1.82) is 0 Å². The van der Waals surface area contributed by atoms with Crippen molar-refractivity contribution in [3.63, 3.8) is 0 Å². The second kappa shape index (κ2) is 7.89. The van der Waals surface area contributed by atoms with Crippen LogP contribution >= 0.6 is 23.8 Å². The van der Waals surface area contributed by atoms with Gasteiger partial charge in [-0.25, -0.2) is 0 Å². The van der Waals surface area contributed by atoms with Gasteiger partial charge in [0.2, 0.25) is 0 Å². The number of hydrogen-bond acceptors (Lipinski definition) is 2. The maximum Gasteiger partial charge on any atom is 0.251 e. The van der Waals surface area contributed by atoms with Gasteiger partial charge in [-0.3, -0.25) is 4.79 Å². The number of fused-ring (bicyclic) bond motifs is 1. The predicted octanol–water partition coefficient (Wildman–Crippen LogP) is 4.33. The van der Waals surface area contributed by atoms with Crippen LogP contribution < -0.4 is 16.2 Å². The summed E-state index contributed by atoms with van der Waals surface area (Å²) in [4.78, 5) is 15.2. The lowest BCUT2D eigenvalue weighted by molar-refractivity contribution is 0.863. The number of thiocarbonyl (C=S) groups is 1. The molecule has 4 nitrogen and oxygen atoms in total. The van der Waals surface area contributed by atoms with Gasteiger partial charge in [0.05, 0.1) is 0 Å². The molecule has 0 aliphatic heterocycles. The number of rotatable bonds is 4. The van der Waals surface area contributed by atoms with E-state index in [9.17, 15) is 4.79 Å². The Labute approximate surface area is 162 Å². The van der Waals surface area contributed by atoms with Crippen LogP contribution in [0.1, 0.15) is 16.7 Å². The number of aromatic nitrogens is 1. The van der Waals surface area contributed by atoms with Crippen LogP contribution in [0, 0.1) is 13.8 Å². The molecule has 0 saturated carbocycles. The van der Waals surface area contributed by atoms with Gasteiger partial charge in [0.1, 0.15) is 0 Å². The SMILES string of the molecule is Cc1cc2cc(CCNC(=S)Nc3ccc(Cl)cc3)c(=O)[nH]c2cc1C. The zero-order valence-corrected chi connectivity index (χ0v) is 16.2. The predicted molar refractivity (Wildman–Crippen MR) is 113 cm³/mol. The van der Waals surface area contributed by atoms with Crippen LogP contribution in [-0.4, -0.2) is 16.6 Å². The zero-order chi connectivity index (χ0) is 18.7. The van der Waals surface area contributed by atoms with E-state index in [0.717, 1.165) is 22.2 Å². The number of nitrogens with one attached hydrogen (secondary N) is 3. The lowest BCUT2D eigenvalue weighted by atomic mass is 10.0. The van der Waals surface area contributed by atoms with Crippen molar-refractivity contribution in [1.82, 2.24) is 10.3 Å². The fraction of sp³-hybridized carbons (Fsp3) is 0.200. The molecular weight excluding hydrogens is 366 g/mol. The molecule has 3 rings (SSSR count). The number of halogens is 1. The maximum absolute atomic E-state index is 12.3. The molecule has 0 radical (unpaired) electrons. The van der Waals surface area contributed by atoms with E-state index in [1.54, 1.807) is 12.1 Å². The van der Waals surface area contributed by atoms with E-state index in [4.69, 9.17) is 23.8 Å². The van der Waals surface area contributed by atoms with E-state index in [1.807, 2.05) is 31.2 Å². The molecule has 3 aromatic rings. The molecule has 3 N–H and O–H groups in total. The van der Waals surface area contributed by atoms with Crippen LogP contribution in [0.3, 0.4) is 0 Å². The third kappa shape index (κ3) is 4.42. The first kappa shape index (κ1) is 18.4. The Bertz CT molecular complexity index is 1010. The van der Waals surface area contributed by atoms with Crippen LogP contribution in [0.5, 0.6) is 0 Å². The van der Waals surface area contributed by atoms with Crippen LogP contribution in [0.4, 0.5) is 5.69 Å². The minimum Gasteiger partial charge on any atom is -0.362 e. The Morgan fingerprint density at radius 2 is 1.81 bits per heavy atom. The average molecular weight is 386 g/mol. The molecule has 0 aliphatic carbocycles. The van der Waals surface area contributed by atoms with Crippen LogP contribution in [0.2, 0.25) is 5.02 Å². The van der Waals surface area contributed by atoms with Gasteiger partial charge in [0.15, 0.2) is 5.11 Å². The summed E-state index contributed by atoms with van der Waals surface area (Å²) in [5.74, 6) is 0. The molecule has 0 amide bonds. The lowest BCUT2D eigenvalue weighted by Gasteiger charge is -2.11. The molecule has 0 atom stereocenters. The highest BCUT2D eigenvalue weighted by atomic mass is 35.5. The van der Waals surface area contributed by atoms with Gasteiger partial charge in [-0.15, -0.1) is 0 Å². The lowest BCUT2D eigenvalue weighted by Crippen LogP contribution is -2.31. The van der Waals surface area contributed by atoms with Gasteiger partial charge in [0.25, 0.3) is 5.56 Å². The second-order valence-corrected chi connectivity index (χ2v) is 7.13. The van der Waals surface area contributed by atoms with Gasteiger partial charge in [-0.05, 0) is 91.5 Å². The zero-order valence-electron chi connectivity index (χ0n) is 14.7. The molecule has 26 heavy (non-hydrogen) atoms. The Balaban J connectivity index is 1.63. The number of aryl methyl sites for hydroxylation is 2. The number of aromatic amines is 1. The number of anilines is 1. The standard InChI is InChI=1S/C20H20ClN3OS/c1-12-9-15-11-14(19(25)24-18(15)10-13(12)2)7-8-22-20(26)23-17-5-3-16(21)4-6-17/h3-6,9-11H,7-8H2,1-2H3,(H,24,25)(H2,22,23,26). The summed E-state index contributed by atoms with van der Waals surface area (Å²) in [6.45, 7) is 4.68. The first-order valence-corrected chi connectivity index (χ1v) is 9.14. The largest absolute Gasteiger partial charge is 0.362 e. The van der Waals surface area contributed by atoms with Crippen molar-refractivity contribution in [3.05, 3.63) is 74.5 Å². The number of pyridine rings is 1. The van der Waals surface area contributed by atoms with Crippen molar-refractivity contribution in [2.75, 3.05) is 11.9 Å². The summed E-state index contributed by atoms with van der Waals surface area (Å²) in [5.41, 5.74) is 4.79. The Hall–Kier alpha value is -2.37. The van der Waals surface area contributed by atoms with Gasteiger partial charge in [0, 0.05) is 28.3 Å². The van der Waals surface area contributed by atoms with E-state index in [2.05, 4.69) is 28.6 Å². The van der Waals surface area contributed by atoms with E-state index in [1.165, 1.54) is 11.1 Å². The quantitative estimate of drug-likeness (QED) is 0.585. The summed E-state index contributed by atoms with van der Waals surface area (Å²) in [5, 5.41) is 8.45. The smallest absolute Gasteiger partial charge is 0.251 e. The molecule has 2 aromatic carbocycles. The molecule has 6 heteroatoms. The summed E-state index contributed by atoms with van der Waals surface area (Å²) < 4.78 is 0. The highest BCUT2D eigenvalue weighted by Gasteiger charge is 2.05. The van der Waals surface area contributed by atoms with Gasteiger partial charge >= 0.3 is 0 Å². The fourth-order valence-electron chi connectivity index (χ4n) is 2.73. The molecule has 1 heterocycles. The average Bonchev–Trinajstić information content (AvgIpc) is 2.59. The van der Waals surface area contributed by atoms with Crippen LogP contribution in [0.25, 0.3) is 10.9 Å². The van der Waals surface area contributed by atoms with Crippen molar-refractivity contribution >= 4 is 45.5 Å². The molecule has 0 unspecified atom stereocenters. The van der Waals surface area contributed by atoms with E-state index >= 15 is 0 Å². The highest BCUT2D eigenvalue weighted by molar-refractivity contribution is 7.80. The number of benzene rings is 2. The number of hydrogen-bond donors (Lipinski definition) is 3. The molecule has 0 bridgehead atoms. The second-order valence-electron chi connectivity index (χ2n) is 6.29. The molecule has 1 aromatic heterocycles. The van der Waals surface area contributed by atoms with E-state index in [-0.39, 0.29) is 5.56 Å². The maximum atomic E-state index is 12.3. The van der Waals surface area contributed by atoms with Gasteiger partial charge in [-0.2, -0.15) is 0 Å². The molecule has 0 saturated heterocycles. The van der Waals surface area contributed by atoms with Crippen molar-refractivity contribution in [2.45, 2.75) is 20.3 Å². The Kier molecular flexibility index (Phi) is 5.59. The third-order valence-corrected chi connectivity index (χ3v) is 4.82. The summed E-state index contributed by atoms with van der Waals surface area (Å²) >= 11 is 11.1. The molecule has 0 spiro atoms. The van der Waals surface area contributed by atoms with Crippen molar-refractivity contribution in [2.24, 2.45) is 0 Å². The first-order valence-electron chi connectivity index (χ1n) is 8.36. The fourth-order valence-corrected chi connectivity index (χ4v) is 3.07. The molecular formula is C20H20ClN3OS. The van der Waals surface area contributed by atoms with E-state index < -0.39 is 0 Å². The molecule has 134 valence electrons. The summed E-state index contributed by atoms with van der Waals surface area (Å²) in [6, 6.07) is 13.4. The number of H-pyrrole nitrogens is 1. The monoisotopic (exact) mass is 385 g/mol. The minimum atomic E-state index is -0.0564. The first-order chi connectivity index (χ1) is 12.4. The van der Waals surface area contributed by atoms with Crippen LogP contribution in [0.15, 0.2) is 47.3 Å². The Morgan fingerprint density at radius 1 is 1.12 bits per heavy atom. The van der Waals surface area contributed by atoms with Gasteiger partial charge in [-0.1, -0.05) is 11.6 Å². The molecule has 0 aliphatic rings. The molecule has 0 fully saturated rings. The minimum absolute atomic E-state index is 0.0564. The summed E-state index contributed by atoms with van der Waals surface area (Å²) in [7, 11) is 0. The summed E-state index contributed by atoms with van der Waals surface area (Å²) in [6.07, 6.45) is 0.584. The third-order valence-electron chi connectivity index (χ3n) is 4.32. The van der Waals surface area contributed by atoms with Crippen molar-refractivity contribution in [3.8, 4) is 0 Å². The Morgan fingerprint density at radius 3 is 2.54 bits per heavy atom. The van der Waals surface area contributed by atoms with Gasteiger partial charge < -0.3 is 15.6 Å². The van der Waals surface area contributed by atoms with E-state index in [0.29, 0.717) is 23.1 Å². The highest BCUT2D eigenvalue weighted by Crippen LogP contribution is 2.17. The van der Waals surface area contributed by atoms with Crippen LogP contribution in [-0.2, 0) is 6.42 Å². The normalized spacial score (nSPS) is 10.7. The van der Waals surface area contributed by atoms with Crippen molar-refractivity contribution < 1.29 is 0 Å². The topological polar surface area (TPSA) is 56.9 Å².